The lowest BCUT2D eigenvalue weighted by Crippen LogP contribution is -2.18. The lowest BCUT2D eigenvalue weighted by atomic mass is 9.98. The summed E-state index contributed by atoms with van der Waals surface area (Å²) in [6.45, 7) is 2.21. The Balaban J connectivity index is 2.64. The topological polar surface area (TPSA) is 21.3 Å². The Hall–Kier alpha value is -1.09. The van der Waals surface area contributed by atoms with Crippen molar-refractivity contribution in [2.75, 3.05) is 14.2 Å². The van der Waals surface area contributed by atoms with Gasteiger partial charge < -0.3 is 10.1 Å². The van der Waals surface area contributed by atoms with Crippen LogP contribution in [0.3, 0.4) is 0 Å². The van der Waals surface area contributed by atoms with Crippen molar-refractivity contribution in [1.82, 2.24) is 5.32 Å². The van der Waals surface area contributed by atoms with Crippen LogP contribution in [0.1, 0.15) is 57.1 Å². The van der Waals surface area contributed by atoms with E-state index in [1.54, 1.807) is 13.2 Å². The number of ether oxygens (including phenoxy) is 1. The van der Waals surface area contributed by atoms with Gasteiger partial charge in [0.2, 0.25) is 0 Å². The van der Waals surface area contributed by atoms with Crippen LogP contribution in [0.5, 0.6) is 5.75 Å². The lowest BCUT2D eigenvalue weighted by molar-refractivity contribution is 0.387. The fourth-order valence-corrected chi connectivity index (χ4v) is 2.42. The average Bonchev–Trinajstić information content (AvgIpc) is 2.43. The van der Waals surface area contributed by atoms with Gasteiger partial charge in [-0.3, -0.25) is 0 Å². The number of halogens is 1. The zero-order valence-corrected chi connectivity index (χ0v) is 12.3. The molecule has 1 atom stereocenters. The van der Waals surface area contributed by atoms with Gasteiger partial charge in [-0.05, 0) is 25.6 Å². The molecule has 0 aliphatic heterocycles. The van der Waals surface area contributed by atoms with Crippen molar-refractivity contribution in [3.63, 3.8) is 0 Å². The molecule has 108 valence electrons. The van der Waals surface area contributed by atoms with Crippen molar-refractivity contribution < 1.29 is 9.13 Å². The maximum atomic E-state index is 14.0. The highest BCUT2D eigenvalue weighted by Crippen LogP contribution is 2.30. The van der Waals surface area contributed by atoms with Crippen LogP contribution in [0.2, 0.25) is 0 Å². The predicted octanol–water partition coefficient (Wildman–Crippen LogP) is 4.46. The highest BCUT2D eigenvalue weighted by Gasteiger charge is 2.18. The maximum Gasteiger partial charge on any atom is 0.131 e. The highest BCUT2D eigenvalue weighted by molar-refractivity contribution is 5.37. The van der Waals surface area contributed by atoms with Crippen molar-refractivity contribution in [3.8, 4) is 5.75 Å². The second kappa shape index (κ2) is 8.92. The fourth-order valence-electron chi connectivity index (χ4n) is 2.42. The van der Waals surface area contributed by atoms with E-state index in [0.29, 0.717) is 11.3 Å². The second-order valence-corrected chi connectivity index (χ2v) is 4.90. The number of hydrogen-bond donors (Lipinski definition) is 1. The van der Waals surface area contributed by atoms with E-state index < -0.39 is 0 Å². The Morgan fingerprint density at radius 3 is 2.58 bits per heavy atom. The number of methoxy groups -OCH3 is 1. The van der Waals surface area contributed by atoms with Gasteiger partial charge in [0.15, 0.2) is 0 Å². The number of nitrogens with one attached hydrogen (secondary N) is 1. The third-order valence-corrected chi connectivity index (χ3v) is 3.53. The number of benzene rings is 1. The molecule has 0 heterocycles. The third kappa shape index (κ3) is 4.83. The molecule has 0 aliphatic carbocycles. The SMILES string of the molecule is CCCCCCCC(NC)c1c(F)cccc1OC. The van der Waals surface area contributed by atoms with E-state index in [0.717, 1.165) is 12.8 Å². The number of unbranched alkanes of at least 4 members (excludes halogenated alkanes) is 4. The average molecular weight is 267 g/mol. The summed E-state index contributed by atoms with van der Waals surface area (Å²) in [7, 11) is 3.47. The van der Waals surface area contributed by atoms with Crippen molar-refractivity contribution >= 4 is 0 Å². The number of rotatable bonds is 9. The van der Waals surface area contributed by atoms with Crippen LogP contribution in [-0.4, -0.2) is 14.2 Å². The van der Waals surface area contributed by atoms with Crippen molar-refractivity contribution in [2.45, 2.75) is 51.5 Å². The Morgan fingerprint density at radius 2 is 1.95 bits per heavy atom. The van der Waals surface area contributed by atoms with E-state index in [1.807, 2.05) is 13.1 Å². The Bertz CT molecular complexity index is 368. The standard InChI is InChI=1S/C16H26FNO/c1-4-5-6-7-8-11-14(18-2)16-13(17)10-9-12-15(16)19-3/h9-10,12,14,18H,4-8,11H2,1-3H3. The molecule has 2 nitrogen and oxygen atoms in total. The molecule has 3 heteroatoms. The summed E-state index contributed by atoms with van der Waals surface area (Å²) >= 11 is 0. The largest absolute Gasteiger partial charge is 0.496 e. The molecule has 0 bridgehead atoms. The summed E-state index contributed by atoms with van der Waals surface area (Å²) in [5, 5.41) is 3.20. The first-order valence-corrected chi connectivity index (χ1v) is 7.24. The fraction of sp³-hybridized carbons (Fsp3) is 0.625. The van der Waals surface area contributed by atoms with Gasteiger partial charge in [0.1, 0.15) is 11.6 Å². The van der Waals surface area contributed by atoms with E-state index in [9.17, 15) is 4.39 Å². The van der Waals surface area contributed by atoms with Crippen molar-refractivity contribution in [3.05, 3.63) is 29.6 Å². The van der Waals surface area contributed by atoms with Gasteiger partial charge in [-0.25, -0.2) is 4.39 Å². The first-order valence-electron chi connectivity index (χ1n) is 7.24. The Kier molecular flexibility index (Phi) is 7.49. The smallest absolute Gasteiger partial charge is 0.131 e. The molecule has 0 amide bonds. The second-order valence-electron chi connectivity index (χ2n) is 4.90. The molecular weight excluding hydrogens is 241 g/mol. The minimum Gasteiger partial charge on any atom is -0.496 e. The first-order chi connectivity index (χ1) is 9.24. The quantitative estimate of drug-likeness (QED) is 0.667. The first kappa shape index (κ1) is 16.0. The van der Waals surface area contributed by atoms with Crippen LogP contribution < -0.4 is 10.1 Å². The van der Waals surface area contributed by atoms with Gasteiger partial charge >= 0.3 is 0 Å². The van der Waals surface area contributed by atoms with Gasteiger partial charge in [0.05, 0.1) is 7.11 Å². The molecule has 0 saturated carbocycles. The molecule has 19 heavy (non-hydrogen) atoms. The Morgan fingerprint density at radius 1 is 1.21 bits per heavy atom. The predicted molar refractivity (Wildman–Crippen MR) is 78.1 cm³/mol. The van der Waals surface area contributed by atoms with Crippen LogP contribution in [0.4, 0.5) is 4.39 Å². The maximum absolute atomic E-state index is 14.0. The van der Waals surface area contributed by atoms with Gasteiger partial charge in [0, 0.05) is 11.6 Å². The van der Waals surface area contributed by atoms with Crippen LogP contribution in [0.25, 0.3) is 0 Å². The molecule has 1 N–H and O–H groups in total. The van der Waals surface area contributed by atoms with Crippen molar-refractivity contribution in [1.29, 1.82) is 0 Å². The third-order valence-electron chi connectivity index (χ3n) is 3.53. The number of hydrogen-bond acceptors (Lipinski definition) is 2. The van der Waals surface area contributed by atoms with Gasteiger partial charge in [-0.1, -0.05) is 45.1 Å². The summed E-state index contributed by atoms with van der Waals surface area (Å²) in [5.41, 5.74) is 0.656. The summed E-state index contributed by atoms with van der Waals surface area (Å²) < 4.78 is 19.3. The van der Waals surface area contributed by atoms with E-state index in [2.05, 4.69) is 12.2 Å². The molecular formula is C16H26FNO. The van der Waals surface area contributed by atoms with E-state index in [-0.39, 0.29) is 11.9 Å². The van der Waals surface area contributed by atoms with Crippen LogP contribution in [0.15, 0.2) is 18.2 Å². The molecule has 0 aromatic heterocycles. The summed E-state index contributed by atoms with van der Waals surface area (Å²) in [5.74, 6) is 0.445. The van der Waals surface area contributed by atoms with Crippen LogP contribution in [0, 0.1) is 5.82 Å². The molecule has 1 aromatic rings. The molecule has 0 radical (unpaired) electrons. The zero-order chi connectivity index (χ0) is 14.1. The molecule has 1 unspecified atom stereocenters. The zero-order valence-electron chi connectivity index (χ0n) is 12.3. The Labute approximate surface area is 116 Å². The normalized spacial score (nSPS) is 12.4. The van der Waals surface area contributed by atoms with Crippen molar-refractivity contribution in [2.24, 2.45) is 0 Å². The molecule has 0 aliphatic rings. The lowest BCUT2D eigenvalue weighted by Gasteiger charge is -2.20. The molecule has 1 rings (SSSR count). The van der Waals surface area contributed by atoms with Gasteiger partial charge in [0.25, 0.3) is 0 Å². The van der Waals surface area contributed by atoms with E-state index in [4.69, 9.17) is 4.74 Å². The minimum atomic E-state index is -0.188. The highest BCUT2D eigenvalue weighted by atomic mass is 19.1. The van der Waals surface area contributed by atoms with E-state index in [1.165, 1.54) is 31.7 Å². The van der Waals surface area contributed by atoms with Crippen LogP contribution >= 0.6 is 0 Å². The minimum absolute atomic E-state index is 0.0257. The molecule has 0 saturated heterocycles. The van der Waals surface area contributed by atoms with Crippen LogP contribution in [-0.2, 0) is 0 Å². The monoisotopic (exact) mass is 267 g/mol. The van der Waals surface area contributed by atoms with Gasteiger partial charge in [-0.15, -0.1) is 0 Å². The molecule has 0 spiro atoms. The summed E-state index contributed by atoms with van der Waals surface area (Å²) in [4.78, 5) is 0. The summed E-state index contributed by atoms with van der Waals surface area (Å²) in [6, 6.07) is 5.03. The summed E-state index contributed by atoms with van der Waals surface area (Å²) in [6.07, 6.45) is 7.06. The van der Waals surface area contributed by atoms with E-state index >= 15 is 0 Å². The van der Waals surface area contributed by atoms with Gasteiger partial charge in [-0.2, -0.15) is 0 Å². The molecule has 1 aromatic carbocycles. The molecule has 0 fully saturated rings.